The Morgan fingerprint density at radius 2 is 1.93 bits per heavy atom. The molecule has 4 nitrogen and oxygen atoms in total. The minimum atomic E-state index is -5.08. The van der Waals surface area contributed by atoms with Gasteiger partial charge in [0.15, 0.2) is 0 Å². The number of carboxylic acids is 1. The lowest BCUT2D eigenvalue weighted by Gasteiger charge is -2.31. The number of nitrogens with one attached hydrogen (secondary N) is 1. The second-order valence-electron chi connectivity index (χ2n) is 3.16. The number of alkyl halides is 3. The molecular formula is C8H14F3NO3. The average molecular weight is 229 g/mol. The van der Waals surface area contributed by atoms with Crippen molar-refractivity contribution in [2.75, 3.05) is 20.2 Å². The number of methoxy groups -OCH3 is 1. The molecule has 0 aromatic carbocycles. The maximum atomic E-state index is 10.6. The monoisotopic (exact) mass is 229 g/mol. The molecule has 1 unspecified atom stereocenters. The molecule has 1 fully saturated rings. The zero-order valence-corrected chi connectivity index (χ0v) is 8.47. The molecule has 0 bridgehead atoms. The van der Waals surface area contributed by atoms with E-state index in [0.717, 1.165) is 19.0 Å². The molecule has 0 amide bonds. The van der Waals surface area contributed by atoms with Gasteiger partial charge in [-0.2, -0.15) is 13.2 Å². The van der Waals surface area contributed by atoms with Crippen LogP contribution in [0.5, 0.6) is 0 Å². The van der Waals surface area contributed by atoms with Crippen molar-refractivity contribution in [2.24, 2.45) is 5.92 Å². The van der Waals surface area contributed by atoms with Crippen LogP contribution in [-0.4, -0.2) is 43.6 Å². The summed E-state index contributed by atoms with van der Waals surface area (Å²) in [5.41, 5.74) is 0. The first kappa shape index (κ1) is 14.2. The van der Waals surface area contributed by atoms with Crippen LogP contribution in [0.4, 0.5) is 13.2 Å². The second kappa shape index (κ2) is 5.92. The van der Waals surface area contributed by atoms with Crippen LogP contribution in [0.2, 0.25) is 0 Å². The molecule has 7 heteroatoms. The Balaban J connectivity index is 0.000000265. The predicted octanol–water partition coefficient (Wildman–Crippen LogP) is 0.874. The number of rotatable bonds is 2. The number of aliphatic carboxylic acids is 1. The molecule has 1 rings (SSSR count). The third-order valence-electron chi connectivity index (χ3n) is 2.09. The van der Waals surface area contributed by atoms with Crippen molar-refractivity contribution < 1.29 is 27.8 Å². The predicted molar refractivity (Wildman–Crippen MR) is 46.5 cm³/mol. The van der Waals surface area contributed by atoms with Crippen molar-refractivity contribution in [3.63, 3.8) is 0 Å². The van der Waals surface area contributed by atoms with E-state index in [1.165, 1.54) is 0 Å². The molecule has 90 valence electrons. The Labute approximate surface area is 85.4 Å². The molecule has 15 heavy (non-hydrogen) atoms. The molecule has 0 aromatic rings. The van der Waals surface area contributed by atoms with Gasteiger partial charge in [0, 0.05) is 26.1 Å². The molecule has 1 aliphatic heterocycles. The maximum absolute atomic E-state index is 10.6. The lowest BCUT2D eigenvalue weighted by Crippen LogP contribution is -2.48. The molecule has 0 aliphatic carbocycles. The number of carboxylic acid groups (broad SMARTS) is 1. The van der Waals surface area contributed by atoms with Crippen LogP contribution in [0.15, 0.2) is 0 Å². The van der Waals surface area contributed by atoms with Crippen molar-refractivity contribution in [3.8, 4) is 0 Å². The van der Waals surface area contributed by atoms with E-state index >= 15 is 0 Å². The molecule has 0 aromatic heterocycles. The van der Waals surface area contributed by atoms with Gasteiger partial charge in [-0.15, -0.1) is 0 Å². The van der Waals surface area contributed by atoms with Gasteiger partial charge in [-0.25, -0.2) is 4.79 Å². The van der Waals surface area contributed by atoms with Gasteiger partial charge in [0.1, 0.15) is 0 Å². The Bertz CT molecular complexity index is 201. The highest BCUT2D eigenvalue weighted by molar-refractivity contribution is 5.73. The van der Waals surface area contributed by atoms with Gasteiger partial charge >= 0.3 is 12.1 Å². The van der Waals surface area contributed by atoms with E-state index in [-0.39, 0.29) is 0 Å². The summed E-state index contributed by atoms with van der Waals surface area (Å²) in [7, 11) is 1.77. The molecule has 2 N–H and O–H groups in total. The third-order valence-corrected chi connectivity index (χ3v) is 2.09. The average Bonchev–Trinajstić information content (AvgIpc) is 2.00. The highest BCUT2D eigenvalue weighted by atomic mass is 19.4. The first-order chi connectivity index (χ1) is 6.79. The fourth-order valence-electron chi connectivity index (χ4n) is 0.835. The highest BCUT2D eigenvalue weighted by Gasteiger charge is 2.38. The number of hydrogen-bond acceptors (Lipinski definition) is 3. The van der Waals surface area contributed by atoms with Crippen LogP contribution in [0.1, 0.15) is 6.92 Å². The van der Waals surface area contributed by atoms with Gasteiger partial charge < -0.3 is 15.2 Å². The summed E-state index contributed by atoms with van der Waals surface area (Å²) >= 11 is 0. The molecule has 0 spiro atoms. The standard InChI is InChI=1S/C6H13NO.C2HF3O2/c1-5(8-2)6-3-7-4-6;3-2(4,5)1(6)7/h5-7H,3-4H2,1-2H3;(H,6,7). The first-order valence-corrected chi connectivity index (χ1v) is 4.32. The molecular weight excluding hydrogens is 215 g/mol. The van der Waals surface area contributed by atoms with E-state index in [1.54, 1.807) is 7.11 Å². The topological polar surface area (TPSA) is 58.6 Å². The molecule has 0 saturated carbocycles. The second-order valence-corrected chi connectivity index (χ2v) is 3.16. The van der Waals surface area contributed by atoms with Crippen LogP contribution in [0.25, 0.3) is 0 Å². The summed E-state index contributed by atoms with van der Waals surface area (Å²) in [5.74, 6) is -1.99. The lowest BCUT2D eigenvalue weighted by molar-refractivity contribution is -0.192. The Hall–Kier alpha value is -0.820. The van der Waals surface area contributed by atoms with E-state index in [9.17, 15) is 13.2 Å². The summed E-state index contributed by atoms with van der Waals surface area (Å²) in [6, 6.07) is 0. The van der Waals surface area contributed by atoms with Crippen LogP contribution in [-0.2, 0) is 9.53 Å². The zero-order chi connectivity index (χ0) is 12.1. The Morgan fingerprint density at radius 3 is 2.00 bits per heavy atom. The van der Waals surface area contributed by atoms with Gasteiger partial charge in [-0.1, -0.05) is 0 Å². The van der Waals surface area contributed by atoms with Crippen LogP contribution in [0.3, 0.4) is 0 Å². The highest BCUT2D eigenvalue weighted by Crippen LogP contribution is 2.13. The van der Waals surface area contributed by atoms with Crippen LogP contribution < -0.4 is 5.32 Å². The quantitative estimate of drug-likeness (QED) is 0.737. The molecule has 1 saturated heterocycles. The van der Waals surface area contributed by atoms with Crippen LogP contribution >= 0.6 is 0 Å². The number of hydrogen-bond donors (Lipinski definition) is 2. The van der Waals surface area contributed by atoms with E-state index in [2.05, 4.69) is 12.2 Å². The third kappa shape index (κ3) is 5.58. The van der Waals surface area contributed by atoms with Gasteiger partial charge in [-0.05, 0) is 6.92 Å². The molecule has 1 aliphatic rings. The smallest absolute Gasteiger partial charge is 0.475 e. The fraction of sp³-hybridized carbons (Fsp3) is 0.875. The van der Waals surface area contributed by atoms with Crippen molar-refractivity contribution in [1.82, 2.24) is 5.32 Å². The minimum absolute atomic E-state index is 0.441. The van der Waals surface area contributed by atoms with E-state index in [4.69, 9.17) is 14.6 Å². The van der Waals surface area contributed by atoms with Crippen molar-refractivity contribution in [3.05, 3.63) is 0 Å². The summed E-state index contributed by atoms with van der Waals surface area (Å²) in [6.07, 6.45) is -4.64. The Kier molecular flexibility index (Phi) is 5.59. The summed E-state index contributed by atoms with van der Waals surface area (Å²) in [4.78, 5) is 8.90. The Morgan fingerprint density at radius 1 is 1.53 bits per heavy atom. The summed E-state index contributed by atoms with van der Waals surface area (Å²) in [5, 5.41) is 10.3. The normalized spacial score (nSPS) is 18.5. The van der Waals surface area contributed by atoms with Gasteiger partial charge in [0.2, 0.25) is 0 Å². The molecule has 1 heterocycles. The molecule has 1 atom stereocenters. The summed E-state index contributed by atoms with van der Waals surface area (Å²) in [6.45, 7) is 4.38. The number of halogens is 3. The van der Waals surface area contributed by atoms with Crippen molar-refractivity contribution in [2.45, 2.75) is 19.2 Å². The molecule has 0 radical (unpaired) electrons. The first-order valence-electron chi connectivity index (χ1n) is 4.32. The maximum Gasteiger partial charge on any atom is 0.490 e. The van der Waals surface area contributed by atoms with Gasteiger partial charge in [0.05, 0.1) is 6.10 Å². The van der Waals surface area contributed by atoms with Gasteiger partial charge in [0.25, 0.3) is 0 Å². The fourth-order valence-corrected chi connectivity index (χ4v) is 0.835. The van der Waals surface area contributed by atoms with E-state index < -0.39 is 12.1 Å². The zero-order valence-electron chi connectivity index (χ0n) is 8.47. The number of carbonyl (C=O) groups is 1. The van der Waals surface area contributed by atoms with Crippen LogP contribution in [0, 0.1) is 5.92 Å². The SMILES string of the molecule is COC(C)C1CNC1.O=C(O)C(F)(F)F. The van der Waals surface area contributed by atoms with E-state index in [0.29, 0.717) is 6.10 Å². The number of ether oxygens (including phenoxy) is 1. The van der Waals surface area contributed by atoms with Crippen molar-refractivity contribution >= 4 is 5.97 Å². The lowest BCUT2D eigenvalue weighted by atomic mass is 9.98. The van der Waals surface area contributed by atoms with Crippen molar-refractivity contribution in [1.29, 1.82) is 0 Å². The van der Waals surface area contributed by atoms with E-state index in [1.807, 2.05) is 0 Å². The largest absolute Gasteiger partial charge is 0.490 e. The summed E-state index contributed by atoms with van der Waals surface area (Å²) < 4.78 is 36.9. The van der Waals surface area contributed by atoms with Gasteiger partial charge in [-0.3, -0.25) is 0 Å². The minimum Gasteiger partial charge on any atom is -0.475 e.